The zero-order chi connectivity index (χ0) is 13.4. The molecule has 1 N–H and O–H groups in total. The summed E-state index contributed by atoms with van der Waals surface area (Å²) < 4.78 is 6.39. The van der Waals surface area contributed by atoms with Crippen molar-refractivity contribution < 1.29 is 9.53 Å². The highest BCUT2D eigenvalue weighted by Gasteiger charge is 2.26. The second kappa shape index (κ2) is 5.11. The summed E-state index contributed by atoms with van der Waals surface area (Å²) >= 11 is 10.6. The molecule has 7 heteroatoms. The predicted octanol–water partition coefficient (Wildman–Crippen LogP) is 3.84. The number of thiazole rings is 1. The molecule has 0 bridgehead atoms. The van der Waals surface area contributed by atoms with Crippen molar-refractivity contribution in [2.24, 2.45) is 0 Å². The third kappa shape index (κ3) is 2.48. The van der Waals surface area contributed by atoms with E-state index in [1.165, 1.54) is 11.3 Å². The molecule has 0 unspecified atom stereocenters. The minimum absolute atomic E-state index is 0.291. The minimum Gasteiger partial charge on any atom is -0.457 e. The molecule has 19 heavy (non-hydrogen) atoms. The molecule has 2 heterocycles. The van der Waals surface area contributed by atoms with E-state index in [0.717, 1.165) is 20.6 Å². The topological polar surface area (TPSA) is 51.2 Å². The maximum Gasteiger partial charge on any atom is 0.341 e. The average Bonchev–Trinajstić information content (AvgIpc) is 2.96. The van der Waals surface area contributed by atoms with Crippen LogP contribution in [0.5, 0.6) is 0 Å². The number of fused-ring (bicyclic) bond motifs is 1. The first-order valence-corrected chi connectivity index (χ1v) is 7.46. The highest BCUT2D eigenvalue weighted by Crippen LogP contribution is 2.34. The van der Waals surface area contributed by atoms with Crippen LogP contribution in [0.3, 0.4) is 0 Å². The summed E-state index contributed by atoms with van der Waals surface area (Å²) in [5.74, 6) is -0.291. The Morgan fingerprint density at radius 3 is 3.11 bits per heavy atom. The lowest BCUT2D eigenvalue weighted by Crippen LogP contribution is -2.05. The van der Waals surface area contributed by atoms with Gasteiger partial charge in [-0.15, -0.1) is 11.3 Å². The quantitative estimate of drug-likeness (QED) is 0.846. The Morgan fingerprint density at radius 1 is 1.53 bits per heavy atom. The number of nitrogens with one attached hydrogen (secondary N) is 1. The number of esters is 1. The first-order chi connectivity index (χ1) is 9.15. The molecule has 0 atom stereocenters. The standard InChI is InChI=1S/C12H8BrClN2O2S/c13-8-2-1-6-5-18-11(17)9(6)10(8)15-3-7-4-16-12(14)19-7/h1-2,4,15H,3,5H2. The SMILES string of the molecule is O=C1OCc2ccc(Br)c(NCc3cnc(Cl)s3)c21. The van der Waals surface area contributed by atoms with Crippen molar-refractivity contribution in [1.29, 1.82) is 0 Å². The van der Waals surface area contributed by atoms with E-state index in [-0.39, 0.29) is 5.97 Å². The molecule has 3 rings (SSSR count). The van der Waals surface area contributed by atoms with Crippen molar-refractivity contribution in [2.75, 3.05) is 5.32 Å². The van der Waals surface area contributed by atoms with Gasteiger partial charge in [0, 0.05) is 21.1 Å². The van der Waals surface area contributed by atoms with Crippen LogP contribution in [0.15, 0.2) is 22.8 Å². The number of carbonyl (C=O) groups is 1. The van der Waals surface area contributed by atoms with Gasteiger partial charge in [-0.1, -0.05) is 17.7 Å². The largest absolute Gasteiger partial charge is 0.457 e. The summed E-state index contributed by atoms with van der Waals surface area (Å²) in [6.07, 6.45) is 1.72. The van der Waals surface area contributed by atoms with Gasteiger partial charge < -0.3 is 10.1 Å². The summed E-state index contributed by atoms with van der Waals surface area (Å²) in [7, 11) is 0. The summed E-state index contributed by atoms with van der Waals surface area (Å²) in [5, 5.41) is 3.24. The van der Waals surface area contributed by atoms with Crippen LogP contribution in [-0.2, 0) is 17.9 Å². The Morgan fingerprint density at radius 2 is 2.37 bits per heavy atom. The summed E-state index contributed by atoms with van der Waals surface area (Å²) in [6, 6.07) is 3.79. The zero-order valence-corrected chi connectivity index (χ0v) is 12.7. The second-order valence-electron chi connectivity index (χ2n) is 3.97. The Balaban J connectivity index is 1.88. The molecule has 1 aliphatic heterocycles. The van der Waals surface area contributed by atoms with E-state index in [9.17, 15) is 4.79 Å². The fourth-order valence-electron chi connectivity index (χ4n) is 1.90. The van der Waals surface area contributed by atoms with Gasteiger partial charge in [-0.25, -0.2) is 9.78 Å². The van der Waals surface area contributed by atoms with Crippen molar-refractivity contribution in [3.05, 3.63) is 43.3 Å². The number of rotatable bonds is 3. The molecule has 0 fully saturated rings. The number of anilines is 1. The van der Waals surface area contributed by atoms with Gasteiger partial charge in [-0.3, -0.25) is 0 Å². The number of halogens is 2. The smallest absolute Gasteiger partial charge is 0.341 e. The molecule has 1 aromatic heterocycles. The van der Waals surface area contributed by atoms with E-state index in [1.807, 2.05) is 12.1 Å². The lowest BCUT2D eigenvalue weighted by molar-refractivity contribution is 0.0535. The number of aromatic nitrogens is 1. The van der Waals surface area contributed by atoms with Crippen LogP contribution < -0.4 is 5.32 Å². The summed E-state index contributed by atoms with van der Waals surface area (Å²) in [6.45, 7) is 0.898. The summed E-state index contributed by atoms with van der Waals surface area (Å²) in [5.41, 5.74) is 2.26. The Labute approximate surface area is 126 Å². The molecule has 0 saturated heterocycles. The van der Waals surface area contributed by atoms with Crippen LogP contribution in [-0.4, -0.2) is 11.0 Å². The molecule has 0 radical (unpaired) electrons. The monoisotopic (exact) mass is 358 g/mol. The van der Waals surface area contributed by atoms with Crippen LogP contribution in [0.2, 0.25) is 4.47 Å². The highest BCUT2D eigenvalue weighted by molar-refractivity contribution is 9.10. The van der Waals surface area contributed by atoms with Gasteiger partial charge in [-0.2, -0.15) is 0 Å². The lowest BCUT2D eigenvalue weighted by Gasteiger charge is -2.10. The van der Waals surface area contributed by atoms with E-state index >= 15 is 0 Å². The van der Waals surface area contributed by atoms with Gasteiger partial charge in [0.05, 0.1) is 17.8 Å². The van der Waals surface area contributed by atoms with Gasteiger partial charge in [0.15, 0.2) is 4.47 Å². The fourth-order valence-corrected chi connectivity index (χ4v) is 3.29. The van der Waals surface area contributed by atoms with Crippen LogP contribution in [0.25, 0.3) is 0 Å². The first kappa shape index (κ1) is 12.9. The maximum absolute atomic E-state index is 11.7. The number of nitrogens with zero attached hydrogens (tertiary/aromatic N) is 1. The van der Waals surface area contributed by atoms with E-state index in [2.05, 4.69) is 26.2 Å². The molecular formula is C12H8BrClN2O2S. The van der Waals surface area contributed by atoms with Gasteiger partial charge >= 0.3 is 5.97 Å². The van der Waals surface area contributed by atoms with Gasteiger partial charge in [0.25, 0.3) is 0 Å². The minimum atomic E-state index is -0.291. The van der Waals surface area contributed by atoms with Crippen molar-refractivity contribution in [1.82, 2.24) is 4.98 Å². The first-order valence-electron chi connectivity index (χ1n) is 5.47. The van der Waals surface area contributed by atoms with Crippen molar-refractivity contribution in [3.8, 4) is 0 Å². The van der Waals surface area contributed by atoms with Crippen LogP contribution in [0.4, 0.5) is 5.69 Å². The number of hydrogen-bond acceptors (Lipinski definition) is 5. The van der Waals surface area contributed by atoms with Crippen molar-refractivity contribution >= 4 is 50.5 Å². The number of ether oxygens (including phenoxy) is 1. The number of carbonyl (C=O) groups excluding carboxylic acids is 1. The van der Waals surface area contributed by atoms with Crippen LogP contribution >= 0.6 is 38.9 Å². The third-order valence-corrected chi connectivity index (χ3v) is 4.54. The van der Waals surface area contributed by atoms with Crippen LogP contribution in [0, 0.1) is 0 Å². The molecule has 4 nitrogen and oxygen atoms in total. The maximum atomic E-state index is 11.7. The predicted molar refractivity (Wildman–Crippen MR) is 77.7 cm³/mol. The Bertz CT molecular complexity index is 659. The van der Waals surface area contributed by atoms with Crippen molar-refractivity contribution in [3.63, 3.8) is 0 Å². The van der Waals surface area contributed by atoms with Gasteiger partial charge in [0.1, 0.15) is 6.61 Å². The second-order valence-corrected chi connectivity index (χ2v) is 6.52. The molecule has 0 amide bonds. The van der Waals surface area contributed by atoms with Gasteiger partial charge in [-0.05, 0) is 22.0 Å². The van der Waals surface area contributed by atoms with E-state index in [1.54, 1.807) is 6.20 Å². The normalized spacial score (nSPS) is 13.3. The molecule has 98 valence electrons. The number of cyclic esters (lactones) is 1. The van der Waals surface area contributed by atoms with E-state index in [4.69, 9.17) is 16.3 Å². The molecule has 0 spiro atoms. The van der Waals surface area contributed by atoms with E-state index in [0.29, 0.717) is 23.2 Å². The number of hydrogen-bond donors (Lipinski definition) is 1. The van der Waals surface area contributed by atoms with Gasteiger partial charge in [0.2, 0.25) is 0 Å². The number of benzene rings is 1. The lowest BCUT2D eigenvalue weighted by atomic mass is 10.1. The molecular weight excluding hydrogens is 352 g/mol. The summed E-state index contributed by atoms with van der Waals surface area (Å²) in [4.78, 5) is 16.7. The van der Waals surface area contributed by atoms with E-state index < -0.39 is 0 Å². The molecule has 0 aliphatic carbocycles. The third-order valence-electron chi connectivity index (χ3n) is 2.77. The van der Waals surface area contributed by atoms with Crippen molar-refractivity contribution in [2.45, 2.75) is 13.2 Å². The van der Waals surface area contributed by atoms with Crippen LogP contribution in [0.1, 0.15) is 20.8 Å². The fraction of sp³-hybridized carbons (Fsp3) is 0.167. The highest BCUT2D eigenvalue weighted by atomic mass is 79.9. The molecule has 0 saturated carbocycles. The Kier molecular flexibility index (Phi) is 3.47. The Hall–Kier alpha value is -1.11. The average molecular weight is 360 g/mol. The molecule has 1 aliphatic rings. The molecule has 1 aromatic carbocycles. The molecule has 2 aromatic rings. The zero-order valence-electron chi connectivity index (χ0n) is 9.57.